The zero-order chi connectivity index (χ0) is 20.7. The zero-order valence-corrected chi connectivity index (χ0v) is 18.3. The average Bonchev–Trinajstić information content (AvgIpc) is 2.58. The van der Waals surface area contributed by atoms with Crippen LogP contribution in [0, 0.1) is 0 Å². The van der Waals surface area contributed by atoms with Gasteiger partial charge in [-0.3, -0.25) is 14.8 Å². The van der Waals surface area contributed by atoms with Crippen LogP contribution in [-0.2, 0) is 14.3 Å². The van der Waals surface area contributed by atoms with Crippen molar-refractivity contribution in [2.24, 2.45) is 0 Å². The van der Waals surface area contributed by atoms with Gasteiger partial charge in [0, 0.05) is 6.42 Å². The Bertz CT molecular complexity index is 407. The number of amides is 1. The molecule has 0 aliphatic rings. The van der Waals surface area contributed by atoms with Gasteiger partial charge in [-0.2, -0.15) is 0 Å². The Hall–Kier alpha value is -1.14. The van der Waals surface area contributed by atoms with E-state index in [1.165, 1.54) is 38.6 Å². The minimum atomic E-state index is -0.549. The Balaban J connectivity index is 3.61. The van der Waals surface area contributed by atoms with E-state index in [2.05, 4.69) is 18.9 Å². The number of ether oxygens (including phenoxy) is 1. The molecule has 0 saturated heterocycles. The molecule has 0 aliphatic carbocycles. The molecule has 0 aromatic carbocycles. The van der Waals surface area contributed by atoms with Crippen molar-refractivity contribution in [2.75, 3.05) is 26.7 Å². The molecule has 6 heteroatoms. The van der Waals surface area contributed by atoms with E-state index in [1.807, 2.05) is 0 Å². The Morgan fingerprint density at radius 1 is 0.852 bits per heavy atom. The first-order valence-electron chi connectivity index (χ1n) is 10.6. The molecular weight excluding hydrogens is 344 g/mol. The largest absolute Gasteiger partial charge is 0.460 e. The summed E-state index contributed by atoms with van der Waals surface area (Å²) in [6, 6.07) is 0. The summed E-state index contributed by atoms with van der Waals surface area (Å²) in [7, 11) is 2.19. The molecule has 0 bridgehead atoms. The standard InChI is InChI=1S/C21H42N2O4/c1-6-7-16-22(5)17-13-11-9-8-10-12-14-19(24)23(26)18-15-20(25)27-21(2,3)4/h26H,6-18H2,1-5H3. The fourth-order valence-corrected chi connectivity index (χ4v) is 2.75. The van der Waals surface area contributed by atoms with Gasteiger partial charge in [0.1, 0.15) is 5.60 Å². The summed E-state index contributed by atoms with van der Waals surface area (Å²) in [6.45, 7) is 9.92. The molecule has 160 valence electrons. The van der Waals surface area contributed by atoms with Crippen molar-refractivity contribution in [3.05, 3.63) is 0 Å². The summed E-state index contributed by atoms with van der Waals surface area (Å²) in [5, 5.41) is 10.4. The lowest BCUT2D eigenvalue weighted by Crippen LogP contribution is -2.31. The zero-order valence-electron chi connectivity index (χ0n) is 18.3. The Morgan fingerprint density at radius 3 is 2.00 bits per heavy atom. The second-order valence-corrected chi connectivity index (χ2v) is 8.38. The van der Waals surface area contributed by atoms with Crippen LogP contribution in [-0.4, -0.2) is 59.3 Å². The van der Waals surface area contributed by atoms with E-state index in [0.29, 0.717) is 11.5 Å². The molecule has 6 nitrogen and oxygen atoms in total. The highest BCUT2D eigenvalue weighted by atomic mass is 16.6. The second kappa shape index (κ2) is 14.9. The fourth-order valence-electron chi connectivity index (χ4n) is 2.75. The maximum absolute atomic E-state index is 11.9. The molecular formula is C21H42N2O4. The monoisotopic (exact) mass is 386 g/mol. The van der Waals surface area contributed by atoms with E-state index in [4.69, 9.17) is 4.74 Å². The quantitative estimate of drug-likeness (QED) is 0.195. The molecule has 0 saturated carbocycles. The molecule has 1 N–H and O–H groups in total. The van der Waals surface area contributed by atoms with Crippen LogP contribution < -0.4 is 0 Å². The Morgan fingerprint density at radius 2 is 1.41 bits per heavy atom. The summed E-state index contributed by atoms with van der Waals surface area (Å²) >= 11 is 0. The number of esters is 1. The predicted octanol–water partition coefficient (Wildman–Crippen LogP) is 4.40. The number of unbranched alkanes of at least 4 members (excludes halogenated alkanes) is 6. The highest BCUT2D eigenvalue weighted by molar-refractivity contribution is 5.76. The van der Waals surface area contributed by atoms with Gasteiger partial charge >= 0.3 is 5.97 Å². The number of hydrogen-bond donors (Lipinski definition) is 1. The van der Waals surface area contributed by atoms with Gasteiger partial charge in [0.05, 0.1) is 13.0 Å². The summed E-state index contributed by atoms with van der Waals surface area (Å²) < 4.78 is 5.16. The first-order valence-corrected chi connectivity index (χ1v) is 10.6. The number of nitrogens with zero attached hydrogens (tertiary/aromatic N) is 2. The third-order valence-electron chi connectivity index (χ3n) is 4.31. The molecule has 0 aromatic rings. The Kier molecular flexibility index (Phi) is 14.2. The first kappa shape index (κ1) is 25.9. The van der Waals surface area contributed by atoms with Crippen molar-refractivity contribution in [3.63, 3.8) is 0 Å². The highest BCUT2D eigenvalue weighted by Crippen LogP contribution is 2.10. The van der Waals surface area contributed by atoms with E-state index in [-0.39, 0.29) is 18.9 Å². The lowest BCUT2D eigenvalue weighted by Gasteiger charge is -2.20. The van der Waals surface area contributed by atoms with Crippen molar-refractivity contribution in [2.45, 2.75) is 97.5 Å². The van der Waals surface area contributed by atoms with E-state index >= 15 is 0 Å². The van der Waals surface area contributed by atoms with Crippen LogP contribution in [0.5, 0.6) is 0 Å². The molecule has 0 radical (unpaired) electrons. The van der Waals surface area contributed by atoms with Crippen LogP contribution in [0.3, 0.4) is 0 Å². The number of carbonyl (C=O) groups is 2. The lowest BCUT2D eigenvalue weighted by molar-refractivity contribution is -0.170. The van der Waals surface area contributed by atoms with Crippen LogP contribution in [0.2, 0.25) is 0 Å². The molecule has 0 rings (SSSR count). The smallest absolute Gasteiger partial charge is 0.308 e. The number of hydrogen-bond acceptors (Lipinski definition) is 5. The van der Waals surface area contributed by atoms with Crippen molar-refractivity contribution in [3.8, 4) is 0 Å². The molecule has 0 heterocycles. The van der Waals surface area contributed by atoms with E-state index < -0.39 is 11.6 Å². The van der Waals surface area contributed by atoms with E-state index in [1.54, 1.807) is 20.8 Å². The van der Waals surface area contributed by atoms with Crippen molar-refractivity contribution < 1.29 is 19.5 Å². The maximum Gasteiger partial charge on any atom is 0.308 e. The number of rotatable bonds is 15. The topological polar surface area (TPSA) is 70.1 Å². The van der Waals surface area contributed by atoms with Gasteiger partial charge in [0.2, 0.25) is 5.91 Å². The van der Waals surface area contributed by atoms with Gasteiger partial charge in [-0.25, -0.2) is 5.06 Å². The average molecular weight is 387 g/mol. The van der Waals surface area contributed by atoms with Gasteiger partial charge in [0.25, 0.3) is 0 Å². The predicted molar refractivity (Wildman–Crippen MR) is 109 cm³/mol. The van der Waals surface area contributed by atoms with E-state index in [9.17, 15) is 14.8 Å². The maximum atomic E-state index is 11.9. The Labute approximate surface area is 166 Å². The molecule has 1 amide bonds. The molecule has 0 aromatic heterocycles. The SMILES string of the molecule is CCCCN(C)CCCCCCCCC(=O)N(O)CCC(=O)OC(C)(C)C. The summed E-state index contributed by atoms with van der Waals surface area (Å²) in [5.74, 6) is -0.731. The summed E-state index contributed by atoms with van der Waals surface area (Å²) in [5.41, 5.74) is -0.549. The van der Waals surface area contributed by atoms with Crippen molar-refractivity contribution in [1.82, 2.24) is 9.96 Å². The molecule has 27 heavy (non-hydrogen) atoms. The third-order valence-corrected chi connectivity index (χ3v) is 4.31. The molecule has 0 spiro atoms. The molecule has 0 aliphatic heterocycles. The van der Waals surface area contributed by atoms with Gasteiger partial charge in [-0.1, -0.05) is 39.0 Å². The molecule has 0 fully saturated rings. The third kappa shape index (κ3) is 16.7. The normalized spacial score (nSPS) is 11.7. The summed E-state index contributed by atoms with van der Waals surface area (Å²) in [6.07, 6.45) is 9.39. The van der Waals surface area contributed by atoms with E-state index in [0.717, 1.165) is 25.8 Å². The lowest BCUT2D eigenvalue weighted by atomic mass is 10.1. The highest BCUT2D eigenvalue weighted by Gasteiger charge is 2.18. The number of hydroxylamine groups is 2. The van der Waals surface area contributed by atoms with Crippen LogP contribution in [0.15, 0.2) is 0 Å². The van der Waals surface area contributed by atoms with Crippen LogP contribution >= 0.6 is 0 Å². The fraction of sp³-hybridized carbons (Fsp3) is 0.905. The van der Waals surface area contributed by atoms with Gasteiger partial charge in [-0.05, 0) is 60.2 Å². The minimum absolute atomic E-state index is 0.00616. The van der Waals surface area contributed by atoms with Crippen molar-refractivity contribution in [1.29, 1.82) is 0 Å². The van der Waals surface area contributed by atoms with Crippen molar-refractivity contribution >= 4 is 11.9 Å². The van der Waals surface area contributed by atoms with Crippen LogP contribution in [0.1, 0.15) is 91.9 Å². The second-order valence-electron chi connectivity index (χ2n) is 8.38. The first-order chi connectivity index (χ1) is 12.7. The molecule has 0 unspecified atom stereocenters. The van der Waals surface area contributed by atoms with Crippen LogP contribution in [0.25, 0.3) is 0 Å². The van der Waals surface area contributed by atoms with Gasteiger partial charge in [-0.15, -0.1) is 0 Å². The van der Waals surface area contributed by atoms with Gasteiger partial charge < -0.3 is 9.64 Å². The van der Waals surface area contributed by atoms with Crippen LogP contribution in [0.4, 0.5) is 0 Å². The summed E-state index contributed by atoms with van der Waals surface area (Å²) in [4.78, 5) is 25.8. The number of carbonyl (C=O) groups excluding carboxylic acids is 2. The minimum Gasteiger partial charge on any atom is -0.460 e. The van der Waals surface area contributed by atoms with Gasteiger partial charge in [0.15, 0.2) is 0 Å². The molecule has 0 atom stereocenters.